The summed E-state index contributed by atoms with van der Waals surface area (Å²) in [4.78, 5) is 0. The molecule has 1 aliphatic rings. The molecule has 102 valence electrons. The van der Waals surface area contributed by atoms with Gasteiger partial charge in [0.25, 0.3) is 0 Å². The van der Waals surface area contributed by atoms with Crippen molar-refractivity contribution in [2.24, 2.45) is 0 Å². The number of rotatable bonds is 2. The van der Waals surface area contributed by atoms with Crippen molar-refractivity contribution in [2.45, 2.75) is 38.9 Å². The Morgan fingerprint density at radius 3 is 2.32 bits per heavy atom. The molecule has 1 heterocycles. The second kappa shape index (κ2) is 4.96. The van der Waals surface area contributed by atoms with Gasteiger partial charge in [0.1, 0.15) is 5.75 Å². The van der Waals surface area contributed by atoms with Crippen LogP contribution in [0.15, 0.2) is 28.6 Å². The minimum Gasteiger partial charge on any atom is -0.507 e. The van der Waals surface area contributed by atoms with Gasteiger partial charge in [0.15, 0.2) is 0 Å². The minimum absolute atomic E-state index is 0.232. The van der Waals surface area contributed by atoms with Crippen LogP contribution in [0.5, 0.6) is 5.75 Å². The summed E-state index contributed by atoms with van der Waals surface area (Å²) in [5, 5.41) is 9.76. The lowest BCUT2D eigenvalue weighted by atomic mass is 9.89. The molecule has 1 aromatic rings. The molecule has 1 N–H and O–H groups in total. The number of hydrogen-bond acceptors (Lipinski definition) is 3. The van der Waals surface area contributed by atoms with Crippen LogP contribution in [0.25, 0.3) is 6.08 Å². The maximum atomic E-state index is 9.76. The van der Waals surface area contributed by atoms with E-state index in [1.54, 1.807) is 12.1 Å². The highest BCUT2D eigenvalue weighted by Gasteiger charge is 2.49. The van der Waals surface area contributed by atoms with E-state index in [0.29, 0.717) is 0 Å². The topological polar surface area (TPSA) is 38.7 Å². The first-order valence-corrected chi connectivity index (χ1v) is 7.03. The van der Waals surface area contributed by atoms with Gasteiger partial charge in [0.05, 0.1) is 11.2 Å². The normalized spacial score (nSPS) is 21.2. The minimum atomic E-state index is -0.400. The molecule has 1 aromatic carbocycles. The molecule has 0 bridgehead atoms. The zero-order valence-corrected chi connectivity index (χ0v) is 13.2. The summed E-state index contributed by atoms with van der Waals surface area (Å²) in [6, 6.07) is 5.28. The molecule has 19 heavy (non-hydrogen) atoms. The van der Waals surface area contributed by atoms with Crippen molar-refractivity contribution in [1.82, 2.24) is 0 Å². The van der Waals surface area contributed by atoms with E-state index < -0.39 is 7.12 Å². The molecule has 0 aromatic heterocycles. The van der Waals surface area contributed by atoms with Gasteiger partial charge in [-0.3, -0.25) is 0 Å². The van der Waals surface area contributed by atoms with Crippen molar-refractivity contribution in [3.05, 3.63) is 34.2 Å². The van der Waals surface area contributed by atoms with Crippen LogP contribution in [0.1, 0.15) is 33.3 Å². The zero-order chi connectivity index (χ0) is 14.3. The van der Waals surface area contributed by atoms with Gasteiger partial charge in [-0.25, -0.2) is 0 Å². The molecular weight excluding hydrogens is 307 g/mol. The standard InChI is InChI=1S/C14H18BBrO3/c1-13(2)14(3,4)19-15(18-13)8-7-10-9-11(16)5-6-12(10)17/h5-9,17H,1-4H3/b8-7+. The van der Waals surface area contributed by atoms with Gasteiger partial charge in [0.2, 0.25) is 0 Å². The Morgan fingerprint density at radius 1 is 1.16 bits per heavy atom. The Labute approximate surface area is 122 Å². The monoisotopic (exact) mass is 324 g/mol. The Bertz CT molecular complexity index is 495. The highest BCUT2D eigenvalue weighted by atomic mass is 79.9. The molecule has 1 aliphatic heterocycles. The van der Waals surface area contributed by atoms with Gasteiger partial charge in [-0.1, -0.05) is 28.0 Å². The van der Waals surface area contributed by atoms with E-state index in [9.17, 15) is 5.11 Å². The van der Waals surface area contributed by atoms with E-state index >= 15 is 0 Å². The van der Waals surface area contributed by atoms with Crippen molar-refractivity contribution >= 4 is 29.1 Å². The summed E-state index contributed by atoms with van der Waals surface area (Å²) in [5.41, 5.74) is 0.0342. The van der Waals surface area contributed by atoms with E-state index in [2.05, 4.69) is 15.9 Å². The maximum Gasteiger partial charge on any atom is 0.487 e. The van der Waals surface area contributed by atoms with Crippen LogP contribution in [-0.4, -0.2) is 23.4 Å². The van der Waals surface area contributed by atoms with E-state index in [0.717, 1.165) is 10.0 Å². The third kappa shape index (κ3) is 3.04. The molecule has 3 nitrogen and oxygen atoms in total. The molecule has 0 radical (unpaired) electrons. The molecule has 0 unspecified atom stereocenters. The zero-order valence-electron chi connectivity index (χ0n) is 11.6. The number of phenolic OH excluding ortho intramolecular Hbond substituents is 1. The Morgan fingerprint density at radius 2 is 1.74 bits per heavy atom. The van der Waals surface area contributed by atoms with Gasteiger partial charge >= 0.3 is 7.12 Å². The van der Waals surface area contributed by atoms with E-state index in [1.165, 1.54) is 0 Å². The number of aromatic hydroxyl groups is 1. The molecule has 0 aliphatic carbocycles. The summed E-state index contributed by atoms with van der Waals surface area (Å²) >= 11 is 3.38. The first-order valence-electron chi connectivity index (χ1n) is 6.24. The second-order valence-corrected chi connectivity index (χ2v) is 6.60. The summed E-state index contributed by atoms with van der Waals surface area (Å²) < 4.78 is 12.6. The third-order valence-corrected chi connectivity index (χ3v) is 4.19. The Balaban J connectivity index is 2.15. The molecule has 0 spiro atoms. The first-order chi connectivity index (χ1) is 8.71. The highest BCUT2D eigenvalue weighted by Crippen LogP contribution is 2.37. The van der Waals surface area contributed by atoms with Crippen molar-refractivity contribution in [1.29, 1.82) is 0 Å². The number of hydrogen-bond donors (Lipinski definition) is 1. The van der Waals surface area contributed by atoms with Gasteiger partial charge < -0.3 is 14.4 Å². The molecule has 0 saturated carbocycles. The summed E-state index contributed by atoms with van der Waals surface area (Å²) in [6.07, 6.45) is 1.81. The quantitative estimate of drug-likeness (QED) is 0.841. The molecular formula is C14H18BBrO3. The SMILES string of the molecule is CC1(C)OB(/C=C/c2cc(Br)ccc2O)OC1(C)C. The lowest BCUT2D eigenvalue weighted by Gasteiger charge is -2.32. The van der Waals surface area contributed by atoms with Crippen LogP contribution >= 0.6 is 15.9 Å². The average molecular weight is 325 g/mol. The number of phenols is 1. The third-order valence-electron chi connectivity index (χ3n) is 3.69. The fourth-order valence-corrected chi connectivity index (χ4v) is 2.19. The van der Waals surface area contributed by atoms with Crippen LogP contribution in [-0.2, 0) is 9.31 Å². The van der Waals surface area contributed by atoms with Crippen molar-refractivity contribution in [2.75, 3.05) is 0 Å². The molecule has 1 saturated heterocycles. The van der Waals surface area contributed by atoms with Gasteiger partial charge in [-0.05, 0) is 45.9 Å². The molecule has 0 atom stereocenters. The fraction of sp³-hybridized carbons (Fsp3) is 0.429. The van der Waals surface area contributed by atoms with E-state index in [4.69, 9.17) is 9.31 Å². The molecule has 2 rings (SSSR count). The molecule has 0 amide bonds. The van der Waals surface area contributed by atoms with Gasteiger partial charge in [-0.15, -0.1) is 0 Å². The smallest absolute Gasteiger partial charge is 0.487 e. The van der Waals surface area contributed by atoms with E-state index in [-0.39, 0.29) is 17.0 Å². The van der Waals surface area contributed by atoms with Crippen LogP contribution in [0.2, 0.25) is 0 Å². The highest BCUT2D eigenvalue weighted by molar-refractivity contribution is 9.10. The van der Waals surface area contributed by atoms with E-state index in [1.807, 2.05) is 45.8 Å². The average Bonchev–Trinajstić information content (AvgIpc) is 2.49. The summed E-state index contributed by atoms with van der Waals surface area (Å²) in [6.45, 7) is 8.05. The van der Waals surface area contributed by atoms with Crippen molar-refractivity contribution in [3.8, 4) is 5.75 Å². The first kappa shape index (κ1) is 14.6. The Hall–Kier alpha value is -0.775. The molecule has 1 fully saturated rings. The predicted molar refractivity (Wildman–Crippen MR) is 80.9 cm³/mol. The number of benzene rings is 1. The second-order valence-electron chi connectivity index (χ2n) is 5.69. The summed E-state index contributed by atoms with van der Waals surface area (Å²) in [5.74, 6) is 2.05. The fourth-order valence-electron chi connectivity index (χ4n) is 1.81. The Kier molecular flexibility index (Phi) is 3.82. The van der Waals surface area contributed by atoms with Crippen LogP contribution < -0.4 is 0 Å². The lowest BCUT2D eigenvalue weighted by Crippen LogP contribution is -2.41. The van der Waals surface area contributed by atoms with Gasteiger partial charge in [-0.2, -0.15) is 0 Å². The van der Waals surface area contributed by atoms with Crippen LogP contribution in [0.4, 0.5) is 0 Å². The maximum absolute atomic E-state index is 9.76. The number of halogens is 1. The predicted octanol–water partition coefficient (Wildman–Crippen LogP) is 3.80. The van der Waals surface area contributed by atoms with Crippen molar-refractivity contribution in [3.63, 3.8) is 0 Å². The largest absolute Gasteiger partial charge is 0.507 e. The van der Waals surface area contributed by atoms with Gasteiger partial charge in [0, 0.05) is 10.0 Å². The summed E-state index contributed by atoms with van der Waals surface area (Å²) in [7, 11) is -0.400. The molecule has 5 heteroatoms. The van der Waals surface area contributed by atoms with Crippen LogP contribution in [0.3, 0.4) is 0 Å². The van der Waals surface area contributed by atoms with Crippen molar-refractivity contribution < 1.29 is 14.4 Å². The lowest BCUT2D eigenvalue weighted by molar-refractivity contribution is 0.00578. The van der Waals surface area contributed by atoms with Crippen LogP contribution in [0, 0.1) is 0 Å².